The summed E-state index contributed by atoms with van der Waals surface area (Å²) in [5.41, 5.74) is 0.658. The number of nitrogens with one attached hydrogen (secondary N) is 2. The molecule has 2 rings (SSSR count). The normalized spacial score (nSPS) is 11.2. The summed E-state index contributed by atoms with van der Waals surface area (Å²) in [5, 5.41) is 8.73. The molecule has 0 fully saturated rings. The largest absolute Gasteiger partial charge is 0.477 e. The molecule has 2 aromatic rings. The van der Waals surface area contributed by atoms with Gasteiger partial charge < -0.3 is 10.1 Å². The molecular weight excluding hydrogens is 270 g/mol. The molecular formula is C11H11N3O4S. The number of carboxylic acids is 1. The second kappa shape index (κ2) is 4.73. The second-order valence-electron chi connectivity index (χ2n) is 3.88. The number of rotatable bonds is 4. The Morgan fingerprint density at radius 1 is 1.42 bits per heavy atom. The van der Waals surface area contributed by atoms with Crippen LogP contribution in [0.25, 0.3) is 0 Å². The first-order valence-electron chi connectivity index (χ1n) is 5.26. The van der Waals surface area contributed by atoms with Crippen molar-refractivity contribution >= 4 is 21.8 Å². The summed E-state index contributed by atoms with van der Waals surface area (Å²) in [7, 11) is -3.85. The number of nitrogens with zero attached hydrogens (tertiary/aromatic N) is 1. The standard InChI is InChI=1S/C11H11N3O4S/c1-7-2-3-12-10(4-7)14-19(17,18)8-5-9(11(15)16)13-6-8/h2-6,13H,1H3,(H,12,14)(H,15,16). The molecule has 8 heteroatoms. The number of aromatic nitrogens is 2. The maximum absolute atomic E-state index is 12.0. The lowest BCUT2D eigenvalue weighted by Crippen LogP contribution is -2.13. The Bertz CT molecular complexity index is 721. The molecule has 0 aliphatic carbocycles. The number of hydrogen-bond acceptors (Lipinski definition) is 4. The van der Waals surface area contributed by atoms with Gasteiger partial charge >= 0.3 is 5.97 Å². The number of H-pyrrole nitrogens is 1. The van der Waals surface area contributed by atoms with Crippen LogP contribution in [0.5, 0.6) is 0 Å². The van der Waals surface area contributed by atoms with Gasteiger partial charge in [-0.05, 0) is 30.7 Å². The van der Waals surface area contributed by atoms with Crippen molar-refractivity contribution in [3.05, 3.63) is 41.9 Å². The summed E-state index contributed by atoms with van der Waals surface area (Å²) in [6.07, 6.45) is 2.59. The number of aromatic amines is 1. The molecule has 0 unspecified atom stereocenters. The number of sulfonamides is 1. The van der Waals surface area contributed by atoms with Crippen LogP contribution in [-0.2, 0) is 10.0 Å². The Kier molecular flexibility index (Phi) is 3.26. The highest BCUT2D eigenvalue weighted by molar-refractivity contribution is 7.92. The van der Waals surface area contributed by atoms with Crippen LogP contribution in [0.2, 0.25) is 0 Å². The van der Waals surface area contributed by atoms with Crippen LogP contribution in [0.4, 0.5) is 5.82 Å². The van der Waals surface area contributed by atoms with Gasteiger partial charge in [-0.2, -0.15) is 0 Å². The highest BCUT2D eigenvalue weighted by Gasteiger charge is 2.18. The van der Waals surface area contributed by atoms with Gasteiger partial charge in [-0.1, -0.05) is 0 Å². The van der Waals surface area contributed by atoms with Gasteiger partial charge in [0.2, 0.25) is 0 Å². The first kappa shape index (κ1) is 13.1. The third-order valence-electron chi connectivity index (χ3n) is 2.35. The SMILES string of the molecule is Cc1ccnc(NS(=O)(=O)c2c[nH]c(C(=O)O)c2)c1. The Labute approximate surface area is 109 Å². The molecule has 100 valence electrons. The topological polar surface area (TPSA) is 112 Å². The van der Waals surface area contributed by atoms with Crippen molar-refractivity contribution in [3.8, 4) is 0 Å². The number of hydrogen-bond donors (Lipinski definition) is 3. The molecule has 0 saturated heterocycles. The predicted octanol–water partition coefficient (Wildman–Crippen LogP) is 1.22. The van der Waals surface area contributed by atoms with Crippen molar-refractivity contribution in [2.24, 2.45) is 0 Å². The van der Waals surface area contributed by atoms with E-state index in [1.165, 1.54) is 6.20 Å². The molecule has 0 radical (unpaired) electrons. The van der Waals surface area contributed by atoms with Crippen molar-refractivity contribution in [1.82, 2.24) is 9.97 Å². The molecule has 2 heterocycles. The van der Waals surface area contributed by atoms with Crippen molar-refractivity contribution in [3.63, 3.8) is 0 Å². The summed E-state index contributed by atoms with van der Waals surface area (Å²) in [6.45, 7) is 1.80. The van der Waals surface area contributed by atoms with Crippen LogP contribution < -0.4 is 4.72 Å². The Hall–Kier alpha value is -2.35. The van der Waals surface area contributed by atoms with E-state index in [0.717, 1.165) is 17.8 Å². The first-order chi connectivity index (χ1) is 8.88. The molecule has 0 bridgehead atoms. The van der Waals surface area contributed by atoms with Crippen LogP contribution in [0.15, 0.2) is 35.5 Å². The van der Waals surface area contributed by atoms with Gasteiger partial charge in [0.05, 0.1) is 0 Å². The highest BCUT2D eigenvalue weighted by Crippen LogP contribution is 2.15. The molecule has 0 aliphatic heterocycles. The number of carboxylic acid groups (broad SMARTS) is 1. The van der Waals surface area contributed by atoms with Crippen LogP contribution in [0, 0.1) is 6.92 Å². The molecule has 19 heavy (non-hydrogen) atoms. The van der Waals surface area contributed by atoms with E-state index in [-0.39, 0.29) is 16.4 Å². The molecule has 0 aromatic carbocycles. The van der Waals surface area contributed by atoms with Gasteiger partial charge in [-0.25, -0.2) is 18.2 Å². The summed E-state index contributed by atoms with van der Waals surface area (Å²) in [4.78, 5) is 16.8. The van der Waals surface area contributed by atoms with E-state index in [9.17, 15) is 13.2 Å². The maximum atomic E-state index is 12.0. The lowest BCUT2D eigenvalue weighted by Gasteiger charge is -2.05. The first-order valence-corrected chi connectivity index (χ1v) is 6.74. The molecule has 0 aliphatic rings. The van der Waals surface area contributed by atoms with Crippen LogP contribution in [0.3, 0.4) is 0 Å². The van der Waals surface area contributed by atoms with Crippen molar-refractivity contribution in [2.45, 2.75) is 11.8 Å². The van der Waals surface area contributed by atoms with Crippen molar-refractivity contribution in [2.75, 3.05) is 4.72 Å². The minimum absolute atomic E-state index is 0.159. The van der Waals surface area contributed by atoms with E-state index in [1.54, 1.807) is 19.1 Å². The van der Waals surface area contributed by atoms with E-state index < -0.39 is 16.0 Å². The van der Waals surface area contributed by atoms with E-state index in [1.807, 2.05) is 0 Å². The quantitative estimate of drug-likeness (QED) is 0.780. The number of aryl methyl sites for hydroxylation is 1. The molecule has 0 spiro atoms. The Balaban J connectivity index is 2.29. The molecule has 3 N–H and O–H groups in total. The lowest BCUT2D eigenvalue weighted by atomic mass is 10.3. The molecule has 7 nitrogen and oxygen atoms in total. The second-order valence-corrected chi connectivity index (χ2v) is 5.56. The monoisotopic (exact) mass is 281 g/mol. The Morgan fingerprint density at radius 3 is 2.74 bits per heavy atom. The van der Waals surface area contributed by atoms with Gasteiger partial charge in [0.15, 0.2) is 0 Å². The van der Waals surface area contributed by atoms with Crippen molar-refractivity contribution in [1.29, 1.82) is 0 Å². The Morgan fingerprint density at radius 2 is 2.16 bits per heavy atom. The van der Waals surface area contributed by atoms with E-state index in [2.05, 4.69) is 14.7 Å². The van der Waals surface area contributed by atoms with E-state index >= 15 is 0 Å². The number of aromatic carboxylic acids is 1. The third-order valence-corrected chi connectivity index (χ3v) is 3.69. The lowest BCUT2D eigenvalue weighted by molar-refractivity contribution is 0.0691. The van der Waals surface area contributed by atoms with Crippen molar-refractivity contribution < 1.29 is 18.3 Å². The average molecular weight is 281 g/mol. The van der Waals surface area contributed by atoms with Gasteiger partial charge in [-0.15, -0.1) is 0 Å². The number of anilines is 1. The van der Waals surface area contributed by atoms with Gasteiger partial charge in [0.1, 0.15) is 16.4 Å². The summed E-state index contributed by atoms with van der Waals surface area (Å²) >= 11 is 0. The van der Waals surface area contributed by atoms with Gasteiger partial charge in [-0.3, -0.25) is 4.72 Å². The minimum Gasteiger partial charge on any atom is -0.477 e. The zero-order valence-corrected chi connectivity index (χ0v) is 10.7. The smallest absolute Gasteiger partial charge is 0.352 e. The van der Waals surface area contributed by atoms with Gasteiger partial charge in [0, 0.05) is 12.4 Å². The summed E-state index contributed by atoms with van der Waals surface area (Å²) < 4.78 is 26.2. The molecule has 0 saturated carbocycles. The fourth-order valence-corrected chi connectivity index (χ4v) is 2.43. The van der Waals surface area contributed by atoms with Gasteiger partial charge in [0.25, 0.3) is 10.0 Å². The highest BCUT2D eigenvalue weighted by atomic mass is 32.2. The summed E-state index contributed by atoms with van der Waals surface area (Å²) in [6, 6.07) is 4.35. The predicted molar refractivity (Wildman–Crippen MR) is 67.5 cm³/mol. The van der Waals surface area contributed by atoms with Crippen LogP contribution >= 0.6 is 0 Å². The fourth-order valence-electron chi connectivity index (χ4n) is 1.44. The molecule has 2 aromatic heterocycles. The zero-order valence-electron chi connectivity index (χ0n) is 9.91. The van der Waals surface area contributed by atoms with E-state index in [4.69, 9.17) is 5.11 Å². The van der Waals surface area contributed by atoms with E-state index in [0.29, 0.717) is 0 Å². The minimum atomic E-state index is -3.85. The third kappa shape index (κ3) is 2.91. The number of carbonyl (C=O) groups is 1. The maximum Gasteiger partial charge on any atom is 0.352 e. The fraction of sp³-hybridized carbons (Fsp3) is 0.0909. The molecule has 0 atom stereocenters. The number of pyridine rings is 1. The molecule has 0 amide bonds. The average Bonchev–Trinajstić information content (AvgIpc) is 2.78. The zero-order chi connectivity index (χ0) is 14.0. The summed E-state index contributed by atoms with van der Waals surface area (Å²) in [5.74, 6) is -1.05. The van der Waals surface area contributed by atoms with Crippen LogP contribution in [0.1, 0.15) is 16.1 Å². The van der Waals surface area contributed by atoms with Crippen LogP contribution in [-0.4, -0.2) is 29.5 Å².